The lowest BCUT2D eigenvalue weighted by Crippen LogP contribution is -2.30. The van der Waals surface area contributed by atoms with Gasteiger partial charge in [0.05, 0.1) is 6.42 Å². The molecule has 23 heavy (non-hydrogen) atoms. The Morgan fingerprint density at radius 3 is 2.74 bits per heavy atom. The molecule has 0 bridgehead atoms. The second-order valence-corrected chi connectivity index (χ2v) is 6.37. The summed E-state index contributed by atoms with van der Waals surface area (Å²) in [4.78, 5) is 18.4. The second kappa shape index (κ2) is 7.11. The van der Waals surface area contributed by atoms with Crippen molar-refractivity contribution in [3.63, 3.8) is 0 Å². The molecule has 2 atom stereocenters. The summed E-state index contributed by atoms with van der Waals surface area (Å²) >= 11 is 5.97. The molecule has 1 aliphatic rings. The first-order valence-corrected chi connectivity index (χ1v) is 8.08. The average molecular weight is 331 g/mol. The summed E-state index contributed by atoms with van der Waals surface area (Å²) in [5.41, 5.74) is 2.03. The van der Waals surface area contributed by atoms with Crippen molar-refractivity contribution >= 4 is 17.5 Å². The minimum absolute atomic E-state index is 0.0701. The molecule has 0 radical (unpaired) electrons. The number of carbonyl (C=O) groups excluding carboxylic acids is 1. The van der Waals surface area contributed by atoms with Gasteiger partial charge in [0, 0.05) is 48.9 Å². The summed E-state index contributed by atoms with van der Waals surface area (Å²) < 4.78 is 0. The van der Waals surface area contributed by atoms with Crippen LogP contribution < -0.4 is 0 Å². The molecule has 1 aromatic heterocycles. The minimum atomic E-state index is 0.0701. The van der Waals surface area contributed by atoms with Crippen LogP contribution in [0.5, 0.6) is 0 Å². The smallest absolute Gasteiger partial charge is 0.227 e. The number of hydrogen-bond donors (Lipinski definition) is 1. The van der Waals surface area contributed by atoms with Crippen LogP contribution in [0.3, 0.4) is 0 Å². The van der Waals surface area contributed by atoms with Gasteiger partial charge in [-0.1, -0.05) is 23.7 Å². The maximum Gasteiger partial charge on any atom is 0.227 e. The summed E-state index contributed by atoms with van der Waals surface area (Å²) in [5.74, 6) is 0.300. The number of halogens is 1. The summed E-state index contributed by atoms with van der Waals surface area (Å²) in [7, 11) is 0. The van der Waals surface area contributed by atoms with Crippen molar-refractivity contribution in [1.82, 2.24) is 9.88 Å². The number of amides is 1. The molecule has 0 saturated carbocycles. The number of pyridine rings is 1. The van der Waals surface area contributed by atoms with E-state index in [-0.39, 0.29) is 24.3 Å². The molecule has 5 heteroatoms. The first-order valence-electron chi connectivity index (χ1n) is 7.70. The Hall–Kier alpha value is -1.91. The highest BCUT2D eigenvalue weighted by Crippen LogP contribution is 2.32. The molecule has 1 saturated heterocycles. The fourth-order valence-corrected chi connectivity index (χ4v) is 3.39. The van der Waals surface area contributed by atoms with Crippen LogP contribution in [0, 0.1) is 5.92 Å². The van der Waals surface area contributed by atoms with Crippen LogP contribution in [-0.2, 0) is 11.2 Å². The van der Waals surface area contributed by atoms with E-state index in [1.165, 1.54) is 0 Å². The maximum absolute atomic E-state index is 12.6. The van der Waals surface area contributed by atoms with Gasteiger partial charge in [-0.3, -0.25) is 9.78 Å². The van der Waals surface area contributed by atoms with E-state index in [0.29, 0.717) is 24.5 Å². The highest BCUT2D eigenvalue weighted by molar-refractivity contribution is 6.30. The van der Waals surface area contributed by atoms with Gasteiger partial charge >= 0.3 is 0 Å². The van der Waals surface area contributed by atoms with Gasteiger partial charge in [-0.2, -0.15) is 0 Å². The highest BCUT2D eigenvalue weighted by Gasteiger charge is 2.35. The number of likely N-dealkylation sites (tertiary alicyclic amines) is 1. The largest absolute Gasteiger partial charge is 0.396 e. The van der Waals surface area contributed by atoms with Crippen LogP contribution in [0.4, 0.5) is 0 Å². The van der Waals surface area contributed by atoms with E-state index in [0.717, 1.165) is 11.1 Å². The lowest BCUT2D eigenvalue weighted by atomic mass is 9.90. The predicted octanol–water partition coefficient (Wildman–Crippen LogP) is 2.51. The number of benzene rings is 1. The Morgan fingerprint density at radius 2 is 2.04 bits per heavy atom. The molecule has 1 aliphatic heterocycles. The fourth-order valence-electron chi connectivity index (χ4n) is 3.18. The molecule has 4 nitrogen and oxygen atoms in total. The van der Waals surface area contributed by atoms with Crippen molar-refractivity contribution in [2.45, 2.75) is 12.3 Å². The predicted molar refractivity (Wildman–Crippen MR) is 89.3 cm³/mol. The van der Waals surface area contributed by atoms with Gasteiger partial charge in [-0.15, -0.1) is 0 Å². The van der Waals surface area contributed by atoms with Gasteiger partial charge in [-0.25, -0.2) is 0 Å². The van der Waals surface area contributed by atoms with Crippen LogP contribution in [-0.4, -0.2) is 40.6 Å². The Labute approximate surface area is 140 Å². The second-order valence-electron chi connectivity index (χ2n) is 5.94. The van der Waals surface area contributed by atoms with Gasteiger partial charge in [0.25, 0.3) is 0 Å². The van der Waals surface area contributed by atoms with E-state index in [2.05, 4.69) is 4.98 Å². The summed E-state index contributed by atoms with van der Waals surface area (Å²) in [5, 5.41) is 10.3. The van der Waals surface area contributed by atoms with Crippen molar-refractivity contribution in [3.8, 4) is 0 Å². The molecule has 1 fully saturated rings. The van der Waals surface area contributed by atoms with Crippen LogP contribution >= 0.6 is 11.6 Å². The monoisotopic (exact) mass is 330 g/mol. The third-order valence-electron chi connectivity index (χ3n) is 4.41. The van der Waals surface area contributed by atoms with E-state index < -0.39 is 0 Å². The van der Waals surface area contributed by atoms with Gasteiger partial charge in [0.2, 0.25) is 5.91 Å². The zero-order valence-electron chi connectivity index (χ0n) is 12.7. The molecule has 1 aromatic carbocycles. The van der Waals surface area contributed by atoms with Crippen LogP contribution in [0.15, 0.2) is 48.8 Å². The zero-order chi connectivity index (χ0) is 16.2. The Balaban J connectivity index is 1.70. The summed E-state index contributed by atoms with van der Waals surface area (Å²) in [6.45, 7) is 1.30. The first kappa shape index (κ1) is 16.0. The molecule has 1 N–H and O–H groups in total. The summed E-state index contributed by atoms with van der Waals surface area (Å²) in [6.07, 6.45) is 3.84. The van der Waals surface area contributed by atoms with Crippen LogP contribution in [0.2, 0.25) is 5.02 Å². The Kier molecular flexibility index (Phi) is 4.94. The Morgan fingerprint density at radius 1 is 1.26 bits per heavy atom. The molecule has 2 heterocycles. The molecule has 3 rings (SSSR count). The third kappa shape index (κ3) is 3.71. The van der Waals surface area contributed by atoms with E-state index in [1.807, 2.05) is 35.2 Å². The van der Waals surface area contributed by atoms with E-state index in [9.17, 15) is 9.90 Å². The van der Waals surface area contributed by atoms with Gasteiger partial charge in [0.1, 0.15) is 0 Å². The number of carbonyl (C=O) groups is 1. The maximum atomic E-state index is 12.6. The number of rotatable bonds is 4. The number of hydrogen-bond acceptors (Lipinski definition) is 3. The third-order valence-corrected chi connectivity index (χ3v) is 4.64. The quantitative estimate of drug-likeness (QED) is 0.937. The Bertz CT molecular complexity index is 678. The van der Waals surface area contributed by atoms with Crippen LogP contribution in [0.1, 0.15) is 17.0 Å². The van der Waals surface area contributed by atoms with Gasteiger partial charge in [-0.05, 0) is 35.4 Å². The molecule has 1 amide bonds. The molecular weight excluding hydrogens is 312 g/mol. The molecule has 2 aromatic rings. The van der Waals surface area contributed by atoms with Crippen molar-refractivity contribution in [3.05, 3.63) is 64.9 Å². The SMILES string of the molecule is O=C(Cc1cccc(Cl)c1)N1C[C@@H](CO)[C@H](c2ccncc2)C1. The number of aliphatic hydroxyl groups excluding tert-OH is 1. The van der Waals surface area contributed by atoms with E-state index >= 15 is 0 Å². The topological polar surface area (TPSA) is 53.4 Å². The molecule has 0 aliphatic carbocycles. The van der Waals surface area contributed by atoms with Crippen molar-refractivity contribution < 1.29 is 9.90 Å². The molecule has 120 valence electrons. The lowest BCUT2D eigenvalue weighted by molar-refractivity contribution is -0.129. The number of aliphatic hydroxyl groups is 1. The molecule has 0 spiro atoms. The average Bonchev–Trinajstić information content (AvgIpc) is 3.00. The molecule has 0 unspecified atom stereocenters. The zero-order valence-corrected chi connectivity index (χ0v) is 13.5. The molecular formula is C18H19ClN2O2. The first-order chi connectivity index (χ1) is 11.2. The lowest BCUT2D eigenvalue weighted by Gasteiger charge is -2.17. The summed E-state index contributed by atoms with van der Waals surface area (Å²) in [6, 6.07) is 11.3. The number of nitrogens with zero attached hydrogens (tertiary/aromatic N) is 2. The van der Waals surface area contributed by atoms with E-state index in [4.69, 9.17) is 11.6 Å². The van der Waals surface area contributed by atoms with Crippen molar-refractivity contribution in [2.24, 2.45) is 5.92 Å². The fraction of sp³-hybridized carbons (Fsp3) is 0.333. The highest BCUT2D eigenvalue weighted by atomic mass is 35.5. The van der Waals surface area contributed by atoms with E-state index in [1.54, 1.807) is 18.5 Å². The standard InChI is InChI=1S/C18H19ClN2O2/c19-16-3-1-2-13(8-16)9-18(23)21-10-15(12-22)17(11-21)14-4-6-20-7-5-14/h1-8,15,17,22H,9-12H2/t15-,17-/m0/s1. The van der Waals surface area contributed by atoms with Gasteiger partial charge < -0.3 is 10.0 Å². The van der Waals surface area contributed by atoms with Crippen molar-refractivity contribution in [1.29, 1.82) is 0 Å². The van der Waals surface area contributed by atoms with Gasteiger partial charge in [0.15, 0.2) is 0 Å². The van der Waals surface area contributed by atoms with Crippen LogP contribution in [0.25, 0.3) is 0 Å². The van der Waals surface area contributed by atoms with Crippen molar-refractivity contribution in [2.75, 3.05) is 19.7 Å². The number of aromatic nitrogens is 1. The normalized spacial score (nSPS) is 20.7. The minimum Gasteiger partial charge on any atom is -0.396 e.